The van der Waals surface area contributed by atoms with Gasteiger partial charge in [0, 0.05) is 21.3 Å². The molecule has 190 valence electrons. The zero-order chi connectivity index (χ0) is 27.1. The van der Waals surface area contributed by atoms with Gasteiger partial charge in [-0.2, -0.15) is 13.2 Å². The summed E-state index contributed by atoms with van der Waals surface area (Å²) in [5.74, 6) is -2.38. The highest BCUT2D eigenvalue weighted by Crippen LogP contribution is 2.35. The molecule has 13 heteroatoms. The van der Waals surface area contributed by atoms with Crippen LogP contribution in [0.3, 0.4) is 0 Å². The molecule has 0 unspecified atom stereocenters. The number of benzene rings is 3. The molecular weight excluding hydrogens is 577 g/mol. The lowest BCUT2D eigenvalue weighted by atomic mass is 10.1. The van der Waals surface area contributed by atoms with Crippen LogP contribution in [0.5, 0.6) is 0 Å². The fraction of sp³-hybridized carbons (Fsp3) is 0.0417. The van der Waals surface area contributed by atoms with Gasteiger partial charge < -0.3 is 10.6 Å². The third kappa shape index (κ3) is 5.70. The predicted octanol–water partition coefficient (Wildman–Crippen LogP) is 7.35. The molecular formula is C24H12Cl4F3N3O3. The third-order valence-corrected chi connectivity index (χ3v) is 6.19. The van der Waals surface area contributed by atoms with Crippen LogP contribution in [-0.4, -0.2) is 17.7 Å². The number of carbonyl (C=O) groups excluding carboxylic acids is 3. The van der Waals surface area contributed by atoms with Crippen molar-refractivity contribution in [3.05, 3.63) is 97.6 Å². The van der Waals surface area contributed by atoms with E-state index in [1.165, 1.54) is 42.5 Å². The van der Waals surface area contributed by atoms with E-state index in [-0.39, 0.29) is 43.4 Å². The van der Waals surface area contributed by atoms with Crippen molar-refractivity contribution in [3.8, 4) is 0 Å². The Morgan fingerprint density at radius 3 is 2.16 bits per heavy atom. The number of carbonyl (C=O) groups is 3. The Morgan fingerprint density at radius 2 is 1.51 bits per heavy atom. The maximum atomic E-state index is 13.0. The van der Waals surface area contributed by atoms with Gasteiger partial charge in [-0.25, -0.2) is 4.90 Å². The zero-order valence-electron chi connectivity index (χ0n) is 18.1. The second-order valence-electron chi connectivity index (χ2n) is 7.61. The summed E-state index contributed by atoms with van der Waals surface area (Å²) in [7, 11) is 0. The highest BCUT2D eigenvalue weighted by atomic mass is 35.5. The fourth-order valence-corrected chi connectivity index (χ4v) is 4.28. The van der Waals surface area contributed by atoms with Crippen LogP contribution in [-0.2, 0) is 15.8 Å². The average molecular weight is 589 g/mol. The molecule has 0 radical (unpaired) electrons. The summed E-state index contributed by atoms with van der Waals surface area (Å²) >= 11 is 24.0. The Balaban J connectivity index is 1.56. The number of nitrogens with zero attached hydrogens (tertiary/aromatic N) is 1. The number of alkyl halides is 3. The van der Waals surface area contributed by atoms with Crippen LogP contribution in [0.4, 0.5) is 30.2 Å². The highest BCUT2D eigenvalue weighted by Gasteiger charge is 2.39. The molecule has 0 fully saturated rings. The van der Waals surface area contributed by atoms with Crippen LogP contribution < -0.4 is 15.5 Å². The molecule has 3 aromatic carbocycles. The first-order valence-corrected chi connectivity index (χ1v) is 11.7. The summed E-state index contributed by atoms with van der Waals surface area (Å²) in [5.41, 5.74) is -1.17. The Morgan fingerprint density at radius 1 is 0.838 bits per heavy atom. The minimum atomic E-state index is -4.63. The number of nitrogens with one attached hydrogen (secondary N) is 2. The van der Waals surface area contributed by atoms with Gasteiger partial charge >= 0.3 is 6.18 Å². The summed E-state index contributed by atoms with van der Waals surface area (Å²) in [6, 6.07) is 12.3. The Labute approximate surface area is 227 Å². The monoisotopic (exact) mass is 587 g/mol. The maximum Gasteiger partial charge on any atom is 0.416 e. The number of rotatable bonds is 5. The summed E-state index contributed by atoms with van der Waals surface area (Å²) in [6.45, 7) is 0. The Bertz CT molecular complexity index is 1470. The summed E-state index contributed by atoms with van der Waals surface area (Å²) in [6.07, 6.45) is -4.63. The van der Waals surface area contributed by atoms with Gasteiger partial charge in [0.15, 0.2) is 0 Å². The first kappa shape index (κ1) is 26.8. The minimum absolute atomic E-state index is 0.0189. The van der Waals surface area contributed by atoms with Crippen LogP contribution in [0, 0.1) is 0 Å². The van der Waals surface area contributed by atoms with E-state index in [0.29, 0.717) is 6.07 Å². The SMILES string of the molecule is O=C(Nc1cc(C(F)(F)F)ccc1Cl)c1cccc(NC2=C(Cl)C(=O)N(c3cc(Cl)cc(Cl)c3)C2=O)c1. The molecule has 0 aliphatic carbocycles. The van der Waals surface area contributed by atoms with E-state index in [4.69, 9.17) is 46.4 Å². The van der Waals surface area contributed by atoms with Gasteiger partial charge in [-0.3, -0.25) is 14.4 Å². The second-order valence-corrected chi connectivity index (χ2v) is 9.27. The molecule has 1 aliphatic rings. The summed E-state index contributed by atoms with van der Waals surface area (Å²) in [4.78, 5) is 39.2. The lowest BCUT2D eigenvalue weighted by molar-refractivity contribution is -0.137. The van der Waals surface area contributed by atoms with E-state index in [0.717, 1.165) is 17.0 Å². The molecule has 1 aliphatic heterocycles. The van der Waals surface area contributed by atoms with E-state index in [1.807, 2.05) is 0 Å². The molecule has 0 atom stereocenters. The first-order chi connectivity index (χ1) is 17.3. The van der Waals surface area contributed by atoms with E-state index in [9.17, 15) is 27.6 Å². The van der Waals surface area contributed by atoms with Crippen molar-refractivity contribution in [3.63, 3.8) is 0 Å². The molecule has 0 aromatic heterocycles. The molecule has 0 bridgehead atoms. The van der Waals surface area contributed by atoms with Gasteiger partial charge in [-0.15, -0.1) is 0 Å². The smallest absolute Gasteiger partial charge is 0.350 e. The molecule has 6 nitrogen and oxygen atoms in total. The highest BCUT2D eigenvalue weighted by molar-refractivity contribution is 6.53. The summed E-state index contributed by atoms with van der Waals surface area (Å²) < 4.78 is 39.1. The number of hydrogen-bond donors (Lipinski definition) is 2. The van der Waals surface area contributed by atoms with Crippen molar-refractivity contribution >= 4 is 81.2 Å². The maximum absolute atomic E-state index is 13.0. The predicted molar refractivity (Wildman–Crippen MR) is 136 cm³/mol. The lowest BCUT2D eigenvalue weighted by Gasteiger charge is -2.16. The van der Waals surface area contributed by atoms with Crippen molar-refractivity contribution in [1.82, 2.24) is 0 Å². The Kier molecular flexibility index (Phi) is 7.43. The topological polar surface area (TPSA) is 78.5 Å². The number of hydrogen-bond acceptors (Lipinski definition) is 4. The molecule has 1 heterocycles. The van der Waals surface area contributed by atoms with Crippen LogP contribution >= 0.6 is 46.4 Å². The van der Waals surface area contributed by atoms with E-state index in [2.05, 4.69) is 10.6 Å². The molecule has 37 heavy (non-hydrogen) atoms. The molecule has 0 saturated carbocycles. The van der Waals surface area contributed by atoms with E-state index >= 15 is 0 Å². The van der Waals surface area contributed by atoms with Gasteiger partial charge in [-0.05, 0) is 54.6 Å². The van der Waals surface area contributed by atoms with Gasteiger partial charge in [0.1, 0.15) is 10.7 Å². The third-order valence-electron chi connectivity index (χ3n) is 5.07. The number of halogens is 7. The first-order valence-electron chi connectivity index (χ1n) is 10.1. The number of amides is 3. The quantitative estimate of drug-likeness (QED) is 0.305. The lowest BCUT2D eigenvalue weighted by Crippen LogP contribution is -2.32. The van der Waals surface area contributed by atoms with Crippen LogP contribution in [0.15, 0.2) is 71.4 Å². The van der Waals surface area contributed by atoms with Crippen LogP contribution in [0.1, 0.15) is 15.9 Å². The van der Waals surface area contributed by atoms with E-state index < -0.39 is 34.5 Å². The molecule has 4 rings (SSSR count). The molecule has 2 N–H and O–H groups in total. The normalized spacial score (nSPS) is 13.9. The van der Waals surface area contributed by atoms with Crippen LogP contribution in [0.2, 0.25) is 15.1 Å². The standard InChI is InChI=1S/C24H12Cl4F3N3O3/c25-13-8-14(26)10-16(9-13)34-22(36)19(28)20(23(34)37)32-15-3-1-2-11(6-15)21(35)33-18-7-12(24(29,30)31)4-5-17(18)27/h1-10,32H,(H,33,35). The van der Waals surface area contributed by atoms with Crippen molar-refractivity contribution in [2.45, 2.75) is 6.18 Å². The van der Waals surface area contributed by atoms with Crippen LogP contribution in [0.25, 0.3) is 0 Å². The fourth-order valence-electron chi connectivity index (χ4n) is 3.39. The van der Waals surface area contributed by atoms with E-state index in [1.54, 1.807) is 0 Å². The van der Waals surface area contributed by atoms with Crippen molar-refractivity contribution in [1.29, 1.82) is 0 Å². The minimum Gasteiger partial charge on any atom is -0.350 e. The van der Waals surface area contributed by atoms with Gasteiger partial charge in [-0.1, -0.05) is 52.5 Å². The largest absolute Gasteiger partial charge is 0.416 e. The molecule has 3 aromatic rings. The van der Waals surface area contributed by atoms with Gasteiger partial charge in [0.25, 0.3) is 17.7 Å². The molecule has 0 saturated heterocycles. The van der Waals surface area contributed by atoms with Crippen molar-refractivity contribution < 1.29 is 27.6 Å². The zero-order valence-corrected chi connectivity index (χ0v) is 21.1. The Hall–Kier alpha value is -3.24. The molecule has 0 spiro atoms. The van der Waals surface area contributed by atoms with Crippen molar-refractivity contribution in [2.24, 2.45) is 0 Å². The van der Waals surface area contributed by atoms with Gasteiger partial charge in [0.2, 0.25) is 0 Å². The van der Waals surface area contributed by atoms with Gasteiger partial charge in [0.05, 0.1) is 22.0 Å². The second kappa shape index (κ2) is 10.3. The van der Waals surface area contributed by atoms with Crippen molar-refractivity contribution in [2.75, 3.05) is 15.5 Å². The number of anilines is 3. The number of imide groups is 1. The average Bonchev–Trinajstić information content (AvgIpc) is 3.02. The summed E-state index contributed by atoms with van der Waals surface area (Å²) in [5, 5.41) is 4.93. The molecule has 3 amide bonds.